The van der Waals surface area contributed by atoms with Crippen LogP contribution < -0.4 is 0 Å². The zero-order chi connectivity index (χ0) is 10.6. The normalized spacial score (nSPS) is 12.2. The Balaban J connectivity index is 2.78. The Kier molecular flexibility index (Phi) is 4.62. The van der Waals surface area contributed by atoms with E-state index in [1.165, 1.54) is 6.92 Å². The van der Waals surface area contributed by atoms with Crippen molar-refractivity contribution >= 4 is 37.8 Å². The zero-order valence-corrected chi connectivity index (χ0v) is 10.8. The van der Waals surface area contributed by atoms with Crippen LogP contribution in [0.4, 0.5) is 0 Å². The van der Waals surface area contributed by atoms with Crippen LogP contribution in [0.5, 0.6) is 0 Å². The van der Waals surface area contributed by atoms with Crippen molar-refractivity contribution in [3.8, 4) is 0 Å². The minimum atomic E-state index is -0.266. The van der Waals surface area contributed by atoms with Gasteiger partial charge in [-0.2, -0.15) is 0 Å². The van der Waals surface area contributed by atoms with Crippen molar-refractivity contribution in [2.24, 2.45) is 0 Å². The lowest BCUT2D eigenvalue weighted by Crippen LogP contribution is -2.09. The fourth-order valence-electron chi connectivity index (χ4n) is 1.07. The maximum absolute atomic E-state index is 10.8. The lowest BCUT2D eigenvalue weighted by atomic mass is 10.1. The molecule has 0 amide bonds. The number of hydrogen-bond donors (Lipinski definition) is 0. The van der Waals surface area contributed by atoms with Gasteiger partial charge in [0, 0.05) is 16.7 Å². The summed E-state index contributed by atoms with van der Waals surface area (Å²) in [6, 6.07) is 7.71. The van der Waals surface area contributed by atoms with Crippen LogP contribution in [0.15, 0.2) is 28.7 Å². The number of halogens is 2. The molecule has 1 atom stereocenters. The van der Waals surface area contributed by atoms with Crippen LogP contribution >= 0.6 is 31.9 Å². The van der Waals surface area contributed by atoms with Gasteiger partial charge in [-0.05, 0) is 17.7 Å². The molecular weight excluding hydrogens is 312 g/mol. The second-order valence-corrected chi connectivity index (χ2v) is 4.37. The Morgan fingerprint density at radius 3 is 2.43 bits per heavy atom. The van der Waals surface area contributed by atoms with Crippen LogP contribution in [0.1, 0.15) is 18.6 Å². The number of rotatable bonds is 3. The Morgan fingerprint density at radius 1 is 1.43 bits per heavy atom. The Morgan fingerprint density at radius 2 is 2.00 bits per heavy atom. The van der Waals surface area contributed by atoms with Crippen LogP contribution in [0, 0.1) is 0 Å². The second-order valence-electron chi connectivity index (χ2n) is 2.80. The first-order chi connectivity index (χ1) is 6.63. The van der Waals surface area contributed by atoms with E-state index in [4.69, 9.17) is 4.74 Å². The molecule has 1 aromatic carbocycles. The van der Waals surface area contributed by atoms with E-state index in [9.17, 15) is 4.79 Å². The lowest BCUT2D eigenvalue weighted by Gasteiger charge is -2.14. The van der Waals surface area contributed by atoms with Crippen molar-refractivity contribution in [2.45, 2.75) is 13.0 Å². The van der Waals surface area contributed by atoms with Gasteiger partial charge in [0.15, 0.2) is 0 Å². The number of esters is 1. The first-order valence-electron chi connectivity index (χ1n) is 4.12. The van der Waals surface area contributed by atoms with Gasteiger partial charge >= 0.3 is 5.97 Å². The van der Waals surface area contributed by atoms with E-state index >= 15 is 0 Å². The zero-order valence-electron chi connectivity index (χ0n) is 7.67. The Bertz CT molecular complexity index is 308. The molecule has 1 rings (SSSR count). The van der Waals surface area contributed by atoms with E-state index < -0.39 is 0 Å². The topological polar surface area (TPSA) is 26.3 Å². The SMILES string of the molecule is CC(=O)OC(CBr)c1ccc(Br)cc1. The molecule has 0 aliphatic heterocycles. The predicted molar refractivity (Wildman–Crippen MR) is 62.4 cm³/mol. The van der Waals surface area contributed by atoms with E-state index in [0.717, 1.165) is 10.0 Å². The maximum Gasteiger partial charge on any atom is 0.303 e. The number of carbonyl (C=O) groups excluding carboxylic acids is 1. The second kappa shape index (κ2) is 5.51. The summed E-state index contributed by atoms with van der Waals surface area (Å²) in [6.45, 7) is 1.41. The van der Waals surface area contributed by atoms with Crippen molar-refractivity contribution in [3.63, 3.8) is 0 Å². The molecule has 0 aliphatic carbocycles. The van der Waals surface area contributed by atoms with E-state index in [2.05, 4.69) is 31.9 Å². The highest BCUT2D eigenvalue weighted by Crippen LogP contribution is 2.21. The molecule has 4 heteroatoms. The first kappa shape index (κ1) is 11.7. The fourth-order valence-corrected chi connectivity index (χ4v) is 1.84. The molecule has 0 radical (unpaired) electrons. The van der Waals surface area contributed by atoms with Crippen molar-refractivity contribution in [1.29, 1.82) is 0 Å². The van der Waals surface area contributed by atoms with Gasteiger partial charge in [0.1, 0.15) is 6.10 Å². The molecule has 76 valence electrons. The van der Waals surface area contributed by atoms with Gasteiger partial charge in [0.05, 0.1) is 0 Å². The number of hydrogen-bond acceptors (Lipinski definition) is 2. The highest BCUT2D eigenvalue weighted by Gasteiger charge is 2.12. The average Bonchev–Trinajstić information content (AvgIpc) is 2.15. The van der Waals surface area contributed by atoms with Crippen LogP contribution in [-0.2, 0) is 9.53 Å². The largest absolute Gasteiger partial charge is 0.457 e. The summed E-state index contributed by atoms with van der Waals surface area (Å²) >= 11 is 6.66. The van der Waals surface area contributed by atoms with Crippen LogP contribution in [0.25, 0.3) is 0 Å². The van der Waals surface area contributed by atoms with Crippen LogP contribution in [-0.4, -0.2) is 11.3 Å². The number of benzene rings is 1. The number of alkyl halides is 1. The molecule has 0 aliphatic rings. The molecule has 0 fully saturated rings. The van der Waals surface area contributed by atoms with Gasteiger partial charge in [-0.3, -0.25) is 4.79 Å². The third kappa shape index (κ3) is 3.42. The predicted octanol–water partition coefficient (Wildman–Crippen LogP) is 3.45. The third-order valence-corrected chi connectivity index (χ3v) is 2.81. The Hall–Kier alpha value is -0.350. The highest BCUT2D eigenvalue weighted by atomic mass is 79.9. The smallest absolute Gasteiger partial charge is 0.303 e. The summed E-state index contributed by atoms with van der Waals surface area (Å²) < 4.78 is 6.14. The van der Waals surface area contributed by atoms with Gasteiger partial charge < -0.3 is 4.74 Å². The monoisotopic (exact) mass is 320 g/mol. The van der Waals surface area contributed by atoms with Gasteiger partial charge in [-0.1, -0.05) is 44.0 Å². The quantitative estimate of drug-likeness (QED) is 0.629. The number of carbonyl (C=O) groups is 1. The van der Waals surface area contributed by atoms with Gasteiger partial charge in [0.2, 0.25) is 0 Å². The van der Waals surface area contributed by atoms with E-state index in [-0.39, 0.29) is 12.1 Å². The molecule has 0 spiro atoms. The fraction of sp³-hybridized carbons (Fsp3) is 0.300. The van der Waals surface area contributed by atoms with Crippen molar-refractivity contribution in [1.82, 2.24) is 0 Å². The van der Waals surface area contributed by atoms with Crippen LogP contribution in [0.3, 0.4) is 0 Å². The van der Waals surface area contributed by atoms with E-state index in [1.54, 1.807) is 0 Å². The molecule has 1 aromatic rings. The molecule has 0 saturated heterocycles. The third-order valence-electron chi connectivity index (χ3n) is 1.69. The standard InChI is InChI=1S/C10H10Br2O2/c1-7(13)14-10(6-11)8-2-4-9(12)5-3-8/h2-5,10H,6H2,1H3. The summed E-state index contributed by atoms with van der Waals surface area (Å²) in [7, 11) is 0. The molecule has 2 nitrogen and oxygen atoms in total. The average molecular weight is 322 g/mol. The highest BCUT2D eigenvalue weighted by molar-refractivity contribution is 9.10. The molecule has 0 N–H and O–H groups in total. The van der Waals surface area contributed by atoms with Gasteiger partial charge in [0.25, 0.3) is 0 Å². The molecule has 0 heterocycles. The summed E-state index contributed by atoms with van der Waals surface area (Å²) in [5, 5.41) is 0.605. The molecular formula is C10H10Br2O2. The molecule has 1 unspecified atom stereocenters. The van der Waals surface area contributed by atoms with Crippen molar-refractivity contribution in [2.75, 3.05) is 5.33 Å². The molecule has 0 saturated carbocycles. The number of ether oxygens (including phenoxy) is 1. The van der Waals surface area contributed by atoms with E-state index in [1.807, 2.05) is 24.3 Å². The van der Waals surface area contributed by atoms with Crippen molar-refractivity contribution in [3.05, 3.63) is 34.3 Å². The van der Waals surface area contributed by atoms with Gasteiger partial charge in [-0.25, -0.2) is 0 Å². The lowest BCUT2D eigenvalue weighted by molar-refractivity contribution is -0.145. The molecule has 0 bridgehead atoms. The van der Waals surface area contributed by atoms with E-state index in [0.29, 0.717) is 5.33 Å². The summed E-state index contributed by atoms with van der Waals surface area (Å²) in [5.41, 5.74) is 0.986. The molecule has 0 aromatic heterocycles. The summed E-state index contributed by atoms with van der Waals surface area (Å²) in [5.74, 6) is -0.266. The minimum Gasteiger partial charge on any atom is -0.457 e. The van der Waals surface area contributed by atoms with Crippen LogP contribution in [0.2, 0.25) is 0 Å². The Labute approximate surface area is 99.9 Å². The molecule has 14 heavy (non-hydrogen) atoms. The summed E-state index contributed by atoms with van der Waals surface area (Å²) in [4.78, 5) is 10.8. The van der Waals surface area contributed by atoms with Gasteiger partial charge in [-0.15, -0.1) is 0 Å². The maximum atomic E-state index is 10.8. The summed E-state index contributed by atoms with van der Waals surface area (Å²) in [6.07, 6.45) is -0.208. The van der Waals surface area contributed by atoms with Crippen molar-refractivity contribution < 1.29 is 9.53 Å². The minimum absolute atomic E-state index is 0.208. The first-order valence-corrected chi connectivity index (χ1v) is 6.03.